The number of unbranched alkanes of at least 4 members (excludes halogenated alkanes) is 3. The first-order chi connectivity index (χ1) is 9.52. The molecule has 0 aliphatic rings. The van der Waals surface area contributed by atoms with Gasteiger partial charge in [-0.3, -0.25) is 4.79 Å². The molecule has 0 atom stereocenters. The summed E-state index contributed by atoms with van der Waals surface area (Å²) in [5, 5.41) is 5.72. The highest BCUT2D eigenvalue weighted by atomic mass is 16.2. The lowest BCUT2D eigenvalue weighted by atomic mass is 9.88. The third-order valence-electron chi connectivity index (χ3n) is 3.23. The van der Waals surface area contributed by atoms with Crippen molar-refractivity contribution >= 4 is 11.8 Å². The molecule has 0 saturated heterocycles. The van der Waals surface area contributed by atoms with Gasteiger partial charge in [0.25, 0.3) is 0 Å². The van der Waals surface area contributed by atoms with Gasteiger partial charge in [0.2, 0.25) is 0 Å². The first kappa shape index (κ1) is 19.9. The van der Waals surface area contributed by atoms with Gasteiger partial charge in [0.1, 0.15) is 5.78 Å². The Hall–Kier alpha value is -1.06. The van der Waals surface area contributed by atoms with E-state index in [-0.39, 0.29) is 16.9 Å². The zero-order valence-electron chi connectivity index (χ0n) is 14.8. The molecule has 0 saturated carbocycles. The van der Waals surface area contributed by atoms with Crippen LogP contribution in [0.3, 0.4) is 0 Å². The standard InChI is InChI=1S/C17H34N2O2/c1-16(2,3)13-19-15(21)18-12-10-8-7-9-11-14(20)17(4,5)6/h7-13H2,1-6H3,(H2,18,19,21). The monoisotopic (exact) mass is 298 g/mol. The molecule has 4 nitrogen and oxygen atoms in total. The minimum absolute atomic E-state index is 0.0900. The molecular formula is C17H34N2O2. The third-order valence-corrected chi connectivity index (χ3v) is 3.23. The molecule has 0 fully saturated rings. The second kappa shape index (κ2) is 9.06. The minimum Gasteiger partial charge on any atom is -0.338 e. The number of nitrogens with one attached hydrogen (secondary N) is 2. The average molecular weight is 298 g/mol. The largest absolute Gasteiger partial charge is 0.338 e. The van der Waals surface area contributed by atoms with Crippen molar-refractivity contribution in [1.82, 2.24) is 10.6 Å². The predicted octanol–water partition coefficient (Wildman–Crippen LogP) is 3.90. The van der Waals surface area contributed by atoms with Crippen LogP contribution in [0.1, 0.15) is 73.6 Å². The fourth-order valence-corrected chi connectivity index (χ4v) is 1.75. The first-order valence-electron chi connectivity index (χ1n) is 8.07. The molecule has 0 heterocycles. The second-order valence-corrected chi connectivity index (χ2v) is 8.01. The highest BCUT2D eigenvalue weighted by molar-refractivity contribution is 5.83. The Balaban J connectivity index is 3.49. The minimum atomic E-state index is -0.216. The topological polar surface area (TPSA) is 58.2 Å². The Morgan fingerprint density at radius 3 is 1.90 bits per heavy atom. The summed E-state index contributed by atoms with van der Waals surface area (Å²) in [7, 11) is 0. The van der Waals surface area contributed by atoms with Crippen molar-refractivity contribution in [2.24, 2.45) is 10.8 Å². The summed E-state index contributed by atoms with van der Waals surface area (Å²) in [6, 6.07) is -0.0900. The van der Waals surface area contributed by atoms with E-state index >= 15 is 0 Å². The molecule has 2 amide bonds. The van der Waals surface area contributed by atoms with E-state index in [1.807, 2.05) is 20.8 Å². The Kier molecular flexibility index (Phi) is 8.60. The molecule has 0 aromatic carbocycles. The lowest BCUT2D eigenvalue weighted by molar-refractivity contribution is -0.126. The van der Waals surface area contributed by atoms with Gasteiger partial charge in [-0.1, -0.05) is 54.4 Å². The van der Waals surface area contributed by atoms with Crippen LogP contribution in [0.2, 0.25) is 0 Å². The molecule has 21 heavy (non-hydrogen) atoms. The third kappa shape index (κ3) is 12.4. The molecule has 0 aliphatic carbocycles. The van der Waals surface area contributed by atoms with E-state index in [0.29, 0.717) is 25.3 Å². The van der Waals surface area contributed by atoms with Crippen LogP contribution >= 0.6 is 0 Å². The van der Waals surface area contributed by atoms with Crippen molar-refractivity contribution in [1.29, 1.82) is 0 Å². The van der Waals surface area contributed by atoms with E-state index < -0.39 is 0 Å². The number of carbonyl (C=O) groups excluding carboxylic acids is 2. The van der Waals surface area contributed by atoms with Crippen molar-refractivity contribution in [2.45, 2.75) is 73.6 Å². The predicted molar refractivity (Wildman–Crippen MR) is 88.4 cm³/mol. The summed E-state index contributed by atoms with van der Waals surface area (Å²) in [6.07, 6.45) is 4.69. The number of hydrogen-bond acceptors (Lipinski definition) is 2. The molecule has 0 aromatic rings. The average Bonchev–Trinajstić information content (AvgIpc) is 2.32. The maximum absolute atomic E-state index is 11.7. The molecule has 4 heteroatoms. The molecule has 0 radical (unpaired) electrons. The molecule has 0 spiro atoms. The SMILES string of the molecule is CC(C)(C)CNC(=O)NCCCCCCC(=O)C(C)(C)C. The number of Topliss-reactive ketones (excluding diaryl/α,β-unsaturated/α-hetero) is 1. The van der Waals surface area contributed by atoms with Gasteiger partial charge in [0.05, 0.1) is 0 Å². The van der Waals surface area contributed by atoms with Crippen molar-refractivity contribution in [3.05, 3.63) is 0 Å². The van der Waals surface area contributed by atoms with E-state index in [2.05, 4.69) is 31.4 Å². The van der Waals surface area contributed by atoms with Crippen LogP contribution in [-0.4, -0.2) is 24.9 Å². The van der Waals surface area contributed by atoms with Gasteiger partial charge >= 0.3 is 6.03 Å². The first-order valence-corrected chi connectivity index (χ1v) is 8.07. The number of urea groups is 1. The van der Waals surface area contributed by atoms with Gasteiger partial charge in [-0.25, -0.2) is 4.79 Å². The Morgan fingerprint density at radius 2 is 1.38 bits per heavy atom. The van der Waals surface area contributed by atoms with Gasteiger partial charge in [-0.15, -0.1) is 0 Å². The number of rotatable bonds is 8. The van der Waals surface area contributed by atoms with Crippen LogP contribution in [0.5, 0.6) is 0 Å². The van der Waals surface area contributed by atoms with Gasteiger partial charge < -0.3 is 10.6 Å². The van der Waals surface area contributed by atoms with E-state index in [4.69, 9.17) is 0 Å². The highest BCUT2D eigenvalue weighted by Crippen LogP contribution is 2.18. The lowest BCUT2D eigenvalue weighted by Gasteiger charge is -2.18. The Morgan fingerprint density at radius 1 is 0.810 bits per heavy atom. The molecule has 124 valence electrons. The summed E-state index contributed by atoms with van der Waals surface area (Å²) in [5.74, 6) is 0.335. The van der Waals surface area contributed by atoms with Gasteiger partial charge in [-0.2, -0.15) is 0 Å². The summed E-state index contributed by atoms with van der Waals surface area (Å²) >= 11 is 0. The number of amides is 2. The Labute approximate surface area is 130 Å². The fourth-order valence-electron chi connectivity index (χ4n) is 1.75. The lowest BCUT2D eigenvalue weighted by Crippen LogP contribution is -2.40. The molecule has 0 aliphatic heterocycles. The quantitative estimate of drug-likeness (QED) is 0.668. The van der Waals surface area contributed by atoms with Crippen molar-refractivity contribution < 1.29 is 9.59 Å². The van der Waals surface area contributed by atoms with E-state index in [1.165, 1.54) is 0 Å². The zero-order valence-corrected chi connectivity index (χ0v) is 14.8. The van der Waals surface area contributed by atoms with Crippen LogP contribution in [0, 0.1) is 10.8 Å². The number of ketones is 1. The fraction of sp³-hybridized carbons (Fsp3) is 0.882. The summed E-state index contributed by atoms with van der Waals surface area (Å²) in [6.45, 7) is 13.5. The molecule has 0 bridgehead atoms. The second-order valence-electron chi connectivity index (χ2n) is 8.01. The van der Waals surface area contributed by atoms with Crippen molar-refractivity contribution in [2.75, 3.05) is 13.1 Å². The molecule has 0 unspecified atom stereocenters. The van der Waals surface area contributed by atoms with E-state index in [1.54, 1.807) is 0 Å². The van der Waals surface area contributed by atoms with Crippen molar-refractivity contribution in [3.8, 4) is 0 Å². The highest BCUT2D eigenvalue weighted by Gasteiger charge is 2.19. The Bertz CT molecular complexity index is 325. The van der Waals surface area contributed by atoms with Crippen LogP contribution in [0.15, 0.2) is 0 Å². The normalized spacial score (nSPS) is 12.1. The summed E-state index contributed by atoms with van der Waals surface area (Å²) < 4.78 is 0. The van der Waals surface area contributed by atoms with Crippen LogP contribution < -0.4 is 10.6 Å². The van der Waals surface area contributed by atoms with Crippen LogP contribution in [-0.2, 0) is 4.79 Å². The number of hydrogen-bond donors (Lipinski definition) is 2. The molecule has 0 rings (SSSR count). The maximum Gasteiger partial charge on any atom is 0.314 e. The maximum atomic E-state index is 11.7. The van der Waals surface area contributed by atoms with E-state index in [9.17, 15) is 9.59 Å². The van der Waals surface area contributed by atoms with Crippen LogP contribution in [0.4, 0.5) is 4.79 Å². The van der Waals surface area contributed by atoms with E-state index in [0.717, 1.165) is 25.7 Å². The molecule has 0 aromatic heterocycles. The van der Waals surface area contributed by atoms with Gasteiger partial charge in [0.15, 0.2) is 0 Å². The molecule has 2 N–H and O–H groups in total. The van der Waals surface area contributed by atoms with Crippen LogP contribution in [0.25, 0.3) is 0 Å². The van der Waals surface area contributed by atoms with Gasteiger partial charge in [0, 0.05) is 24.9 Å². The summed E-state index contributed by atoms with van der Waals surface area (Å²) in [5.41, 5.74) is -0.108. The van der Waals surface area contributed by atoms with Crippen molar-refractivity contribution in [3.63, 3.8) is 0 Å². The molecular weight excluding hydrogens is 264 g/mol. The zero-order chi connectivity index (χ0) is 16.5. The number of carbonyl (C=O) groups is 2. The summed E-state index contributed by atoms with van der Waals surface area (Å²) in [4.78, 5) is 23.2. The smallest absolute Gasteiger partial charge is 0.314 e. The van der Waals surface area contributed by atoms with Gasteiger partial charge in [-0.05, 0) is 18.3 Å².